The van der Waals surface area contributed by atoms with Crippen molar-refractivity contribution >= 4 is 17.4 Å². The summed E-state index contributed by atoms with van der Waals surface area (Å²) in [5.41, 5.74) is 7.60. The van der Waals surface area contributed by atoms with Crippen LogP contribution >= 0.6 is 11.6 Å². The van der Waals surface area contributed by atoms with Gasteiger partial charge in [-0.1, -0.05) is 17.7 Å². The van der Waals surface area contributed by atoms with Crippen LogP contribution in [0.4, 0.5) is 10.2 Å². The molecule has 0 aliphatic rings. The van der Waals surface area contributed by atoms with Crippen LogP contribution in [0.1, 0.15) is 11.1 Å². The van der Waals surface area contributed by atoms with Gasteiger partial charge < -0.3 is 5.73 Å². The normalized spacial score (nSPS) is 10.7. The zero-order valence-electron chi connectivity index (χ0n) is 8.74. The topological polar surface area (TPSA) is 43.8 Å². The molecule has 0 atom stereocenters. The maximum Gasteiger partial charge on any atom is 0.141 e. The number of rotatable bonds is 2. The van der Waals surface area contributed by atoms with Crippen molar-refractivity contribution in [3.63, 3.8) is 0 Å². The summed E-state index contributed by atoms with van der Waals surface area (Å²) in [5, 5.41) is 4.23. The van der Waals surface area contributed by atoms with Gasteiger partial charge in [0.2, 0.25) is 0 Å². The van der Waals surface area contributed by atoms with Crippen LogP contribution in [0.25, 0.3) is 0 Å². The van der Waals surface area contributed by atoms with E-state index in [0.29, 0.717) is 12.4 Å². The summed E-state index contributed by atoms with van der Waals surface area (Å²) in [6.07, 6.45) is 1.69. The molecule has 16 heavy (non-hydrogen) atoms. The Morgan fingerprint density at radius 3 is 2.81 bits per heavy atom. The van der Waals surface area contributed by atoms with E-state index in [-0.39, 0.29) is 5.02 Å². The second kappa shape index (κ2) is 4.14. The van der Waals surface area contributed by atoms with Gasteiger partial charge in [-0.25, -0.2) is 9.07 Å². The number of nitrogens with two attached hydrogens (primary N) is 1. The first-order valence-electron chi connectivity index (χ1n) is 4.79. The second-order valence-corrected chi connectivity index (χ2v) is 4.03. The predicted molar refractivity (Wildman–Crippen MR) is 61.9 cm³/mol. The zero-order chi connectivity index (χ0) is 11.7. The molecule has 0 bridgehead atoms. The molecule has 0 spiro atoms. The van der Waals surface area contributed by atoms with Gasteiger partial charge in [-0.3, -0.25) is 0 Å². The molecule has 84 valence electrons. The lowest BCUT2D eigenvalue weighted by atomic mass is 10.2. The maximum absolute atomic E-state index is 12.9. The molecule has 2 N–H and O–H groups in total. The summed E-state index contributed by atoms with van der Waals surface area (Å²) in [6, 6.07) is 4.58. The van der Waals surface area contributed by atoms with E-state index in [4.69, 9.17) is 17.3 Å². The molecule has 3 nitrogen and oxygen atoms in total. The first kappa shape index (κ1) is 11.0. The van der Waals surface area contributed by atoms with Crippen LogP contribution in [0, 0.1) is 12.7 Å². The van der Waals surface area contributed by atoms with Crippen molar-refractivity contribution in [3.8, 4) is 0 Å². The molecular formula is C11H11ClFN3. The summed E-state index contributed by atoms with van der Waals surface area (Å²) < 4.78 is 14.6. The molecule has 0 fully saturated rings. The number of hydrogen-bond acceptors (Lipinski definition) is 2. The summed E-state index contributed by atoms with van der Waals surface area (Å²) in [5.74, 6) is 0.190. The highest BCUT2D eigenvalue weighted by molar-refractivity contribution is 6.30. The van der Waals surface area contributed by atoms with Crippen LogP contribution in [0.3, 0.4) is 0 Å². The Balaban J connectivity index is 2.27. The monoisotopic (exact) mass is 239 g/mol. The van der Waals surface area contributed by atoms with Crippen LogP contribution in [0.15, 0.2) is 24.4 Å². The number of hydrogen-bond donors (Lipinski definition) is 1. The van der Waals surface area contributed by atoms with Gasteiger partial charge in [-0.05, 0) is 24.6 Å². The minimum absolute atomic E-state index is 0.111. The van der Waals surface area contributed by atoms with E-state index in [1.165, 1.54) is 6.07 Å². The third-order valence-electron chi connectivity index (χ3n) is 2.39. The molecule has 0 saturated carbocycles. The molecule has 0 aliphatic carbocycles. The molecule has 1 aromatic heterocycles. The lowest BCUT2D eigenvalue weighted by molar-refractivity contribution is 0.625. The lowest BCUT2D eigenvalue weighted by Gasteiger charge is -2.05. The van der Waals surface area contributed by atoms with Gasteiger partial charge in [0.05, 0.1) is 17.8 Å². The number of halogens is 2. The predicted octanol–water partition coefficient (Wildman–Crippen LogP) is 2.61. The number of anilines is 1. The van der Waals surface area contributed by atoms with Crippen LogP contribution in [-0.2, 0) is 6.54 Å². The fraction of sp³-hybridized carbons (Fsp3) is 0.182. The largest absolute Gasteiger partial charge is 0.384 e. The van der Waals surface area contributed by atoms with E-state index in [1.54, 1.807) is 23.0 Å². The second-order valence-electron chi connectivity index (χ2n) is 3.62. The minimum Gasteiger partial charge on any atom is -0.384 e. The summed E-state index contributed by atoms with van der Waals surface area (Å²) in [6.45, 7) is 2.37. The molecule has 0 aliphatic heterocycles. The fourth-order valence-corrected chi connectivity index (χ4v) is 1.63. The molecular weight excluding hydrogens is 229 g/mol. The molecule has 0 amide bonds. The van der Waals surface area contributed by atoms with Crippen molar-refractivity contribution in [2.45, 2.75) is 13.5 Å². The van der Waals surface area contributed by atoms with Gasteiger partial charge in [0.25, 0.3) is 0 Å². The Bertz CT molecular complexity index is 522. The highest BCUT2D eigenvalue weighted by Gasteiger charge is 2.05. The number of benzene rings is 1. The van der Waals surface area contributed by atoms with E-state index in [1.807, 2.05) is 6.92 Å². The van der Waals surface area contributed by atoms with Gasteiger partial charge >= 0.3 is 0 Å². The van der Waals surface area contributed by atoms with Crippen molar-refractivity contribution in [1.29, 1.82) is 0 Å². The third-order valence-corrected chi connectivity index (χ3v) is 2.68. The van der Waals surface area contributed by atoms with Crippen LogP contribution in [0.2, 0.25) is 5.02 Å². The Labute approximate surface area is 97.6 Å². The van der Waals surface area contributed by atoms with Gasteiger partial charge in [-0.15, -0.1) is 0 Å². The van der Waals surface area contributed by atoms with Gasteiger partial charge in [0, 0.05) is 5.56 Å². The van der Waals surface area contributed by atoms with E-state index in [2.05, 4.69) is 5.10 Å². The lowest BCUT2D eigenvalue weighted by Crippen LogP contribution is -2.06. The molecule has 2 rings (SSSR count). The summed E-state index contributed by atoms with van der Waals surface area (Å²) in [7, 11) is 0. The minimum atomic E-state index is -0.421. The highest BCUT2D eigenvalue weighted by Crippen LogP contribution is 2.18. The molecule has 1 heterocycles. The van der Waals surface area contributed by atoms with E-state index in [0.717, 1.165) is 11.1 Å². The smallest absolute Gasteiger partial charge is 0.141 e. The van der Waals surface area contributed by atoms with Crippen LogP contribution in [-0.4, -0.2) is 9.78 Å². The van der Waals surface area contributed by atoms with Crippen molar-refractivity contribution in [2.75, 3.05) is 5.73 Å². The quantitative estimate of drug-likeness (QED) is 0.876. The standard InChI is InChI=1S/C11H11ClFN3/c1-7-5-15-16(11(7)14)6-8-2-3-10(13)9(12)4-8/h2-5H,6,14H2,1H3. The van der Waals surface area contributed by atoms with Crippen LogP contribution in [0.5, 0.6) is 0 Å². The van der Waals surface area contributed by atoms with Crippen LogP contribution < -0.4 is 5.73 Å². The first-order valence-corrected chi connectivity index (χ1v) is 5.17. The average molecular weight is 240 g/mol. The zero-order valence-corrected chi connectivity index (χ0v) is 9.50. The van der Waals surface area contributed by atoms with Gasteiger partial charge in [0.15, 0.2) is 0 Å². The van der Waals surface area contributed by atoms with Gasteiger partial charge in [0.1, 0.15) is 11.6 Å². The Morgan fingerprint density at radius 2 is 2.25 bits per heavy atom. The molecule has 2 aromatic rings. The summed E-state index contributed by atoms with van der Waals surface area (Å²) in [4.78, 5) is 0. The average Bonchev–Trinajstić information content (AvgIpc) is 2.55. The highest BCUT2D eigenvalue weighted by atomic mass is 35.5. The number of aromatic nitrogens is 2. The Morgan fingerprint density at radius 1 is 1.50 bits per heavy atom. The van der Waals surface area contributed by atoms with E-state index < -0.39 is 5.82 Å². The Hall–Kier alpha value is -1.55. The molecule has 0 unspecified atom stereocenters. The number of aryl methyl sites for hydroxylation is 1. The van der Waals surface area contributed by atoms with Crippen molar-refractivity contribution < 1.29 is 4.39 Å². The number of nitrogens with zero attached hydrogens (tertiary/aromatic N) is 2. The molecule has 1 aromatic carbocycles. The summed E-state index contributed by atoms with van der Waals surface area (Å²) >= 11 is 5.69. The fourth-order valence-electron chi connectivity index (χ4n) is 1.43. The Kier molecular flexibility index (Phi) is 2.83. The van der Waals surface area contributed by atoms with E-state index >= 15 is 0 Å². The van der Waals surface area contributed by atoms with Crippen molar-refractivity contribution in [3.05, 3.63) is 46.4 Å². The van der Waals surface area contributed by atoms with Crippen molar-refractivity contribution in [2.24, 2.45) is 0 Å². The first-order chi connectivity index (χ1) is 7.58. The SMILES string of the molecule is Cc1cnn(Cc2ccc(F)c(Cl)c2)c1N. The number of nitrogen functional groups attached to an aromatic ring is 1. The van der Waals surface area contributed by atoms with Crippen molar-refractivity contribution in [1.82, 2.24) is 9.78 Å². The molecule has 5 heteroatoms. The maximum atomic E-state index is 12.9. The van der Waals surface area contributed by atoms with E-state index in [9.17, 15) is 4.39 Å². The third kappa shape index (κ3) is 2.02. The molecule has 0 saturated heterocycles. The molecule has 0 radical (unpaired) electrons. The van der Waals surface area contributed by atoms with Gasteiger partial charge in [-0.2, -0.15) is 5.10 Å².